The van der Waals surface area contributed by atoms with Crippen molar-refractivity contribution in [2.24, 2.45) is 0 Å². The van der Waals surface area contributed by atoms with Crippen LogP contribution in [0.1, 0.15) is 22.4 Å². The number of aryl methyl sites for hydroxylation is 3. The molecule has 2 nitrogen and oxygen atoms in total. The number of nitrogens with zero attached hydrogens (tertiary/aromatic N) is 1. The molecular weight excluding hydrogens is 196 g/mol. The molecule has 0 bridgehead atoms. The number of anilines is 1. The lowest BCUT2D eigenvalue weighted by molar-refractivity contribution is 1.18. The Balaban J connectivity index is 3.02. The first-order chi connectivity index (χ1) is 7.56. The van der Waals surface area contributed by atoms with Gasteiger partial charge < -0.3 is 5.32 Å². The molecule has 1 aromatic heterocycles. The maximum atomic E-state index is 4.70. The van der Waals surface area contributed by atoms with E-state index in [1.54, 1.807) is 0 Å². The van der Waals surface area contributed by atoms with Crippen LogP contribution in [0.4, 0.5) is 5.69 Å². The number of hydrogen-bond acceptors (Lipinski definition) is 2. The van der Waals surface area contributed by atoms with E-state index in [-0.39, 0.29) is 0 Å². The highest BCUT2D eigenvalue weighted by Crippen LogP contribution is 2.31. The maximum Gasteiger partial charge on any atom is 0.0757 e. The maximum absolute atomic E-state index is 4.70. The molecule has 0 saturated heterocycles. The Kier molecular flexibility index (Phi) is 2.58. The molecule has 0 unspecified atom stereocenters. The third kappa shape index (κ3) is 1.45. The highest BCUT2D eigenvalue weighted by molar-refractivity contribution is 5.97. The van der Waals surface area contributed by atoms with Crippen molar-refractivity contribution in [3.05, 3.63) is 34.5 Å². The highest BCUT2D eigenvalue weighted by atomic mass is 14.8. The van der Waals surface area contributed by atoms with Crippen molar-refractivity contribution in [3.8, 4) is 0 Å². The summed E-state index contributed by atoms with van der Waals surface area (Å²) >= 11 is 0. The van der Waals surface area contributed by atoms with Gasteiger partial charge in [-0.2, -0.15) is 0 Å². The average molecular weight is 214 g/mol. The van der Waals surface area contributed by atoms with E-state index < -0.39 is 0 Å². The minimum atomic E-state index is 1.10. The fraction of sp³-hybridized carbons (Fsp3) is 0.357. The predicted molar refractivity (Wildman–Crippen MR) is 70.2 cm³/mol. The molecule has 1 N–H and O–H groups in total. The molecule has 0 amide bonds. The predicted octanol–water partition coefficient (Wildman–Crippen LogP) is 3.51. The number of hydrogen-bond donors (Lipinski definition) is 1. The molecule has 2 rings (SSSR count). The van der Waals surface area contributed by atoms with Crippen molar-refractivity contribution in [3.63, 3.8) is 0 Å². The second-order valence-corrected chi connectivity index (χ2v) is 4.37. The van der Waals surface area contributed by atoms with Gasteiger partial charge >= 0.3 is 0 Å². The third-order valence-electron chi connectivity index (χ3n) is 3.29. The molecule has 0 aliphatic heterocycles. The van der Waals surface area contributed by atoms with Crippen LogP contribution in [0.25, 0.3) is 10.9 Å². The van der Waals surface area contributed by atoms with E-state index in [4.69, 9.17) is 4.98 Å². The van der Waals surface area contributed by atoms with Crippen LogP contribution in [-0.4, -0.2) is 12.0 Å². The van der Waals surface area contributed by atoms with Crippen LogP contribution in [0.5, 0.6) is 0 Å². The van der Waals surface area contributed by atoms with E-state index >= 15 is 0 Å². The van der Waals surface area contributed by atoms with Gasteiger partial charge in [-0.15, -0.1) is 0 Å². The lowest BCUT2D eigenvalue weighted by Crippen LogP contribution is -2.00. The smallest absolute Gasteiger partial charge is 0.0757 e. The zero-order valence-electron chi connectivity index (χ0n) is 10.6. The molecule has 1 aromatic carbocycles. The van der Waals surface area contributed by atoms with Crippen molar-refractivity contribution in [2.75, 3.05) is 12.4 Å². The fourth-order valence-electron chi connectivity index (χ4n) is 2.19. The largest absolute Gasteiger partial charge is 0.387 e. The lowest BCUT2D eigenvalue weighted by atomic mass is 10.0. The Morgan fingerprint density at radius 2 is 1.62 bits per heavy atom. The van der Waals surface area contributed by atoms with Crippen LogP contribution >= 0.6 is 0 Å². The van der Waals surface area contributed by atoms with Crippen molar-refractivity contribution >= 4 is 16.6 Å². The Morgan fingerprint density at radius 1 is 1.00 bits per heavy atom. The Hall–Kier alpha value is -1.57. The number of aromatic nitrogens is 1. The van der Waals surface area contributed by atoms with Gasteiger partial charge in [0.25, 0.3) is 0 Å². The van der Waals surface area contributed by atoms with E-state index in [1.165, 1.54) is 27.8 Å². The van der Waals surface area contributed by atoms with E-state index in [0.717, 1.165) is 11.2 Å². The zero-order valence-corrected chi connectivity index (χ0v) is 10.6. The molecule has 0 saturated carbocycles. The second kappa shape index (κ2) is 3.78. The summed E-state index contributed by atoms with van der Waals surface area (Å²) in [6.07, 6.45) is 0. The van der Waals surface area contributed by atoms with E-state index in [1.807, 2.05) is 7.05 Å². The monoisotopic (exact) mass is 214 g/mol. The molecule has 0 fully saturated rings. The highest BCUT2D eigenvalue weighted by Gasteiger charge is 2.11. The average Bonchev–Trinajstić information content (AvgIpc) is 2.26. The number of rotatable bonds is 1. The van der Waals surface area contributed by atoms with Crippen LogP contribution in [-0.2, 0) is 0 Å². The van der Waals surface area contributed by atoms with Gasteiger partial charge in [0, 0.05) is 23.8 Å². The Labute approximate surface area is 96.7 Å². The van der Waals surface area contributed by atoms with Crippen LogP contribution in [0.15, 0.2) is 12.1 Å². The summed E-state index contributed by atoms with van der Waals surface area (Å²) in [6.45, 7) is 8.44. The molecule has 84 valence electrons. The minimum Gasteiger partial charge on any atom is -0.387 e. The summed E-state index contributed by atoms with van der Waals surface area (Å²) in [5, 5.41) is 4.56. The van der Waals surface area contributed by atoms with Crippen molar-refractivity contribution in [1.82, 2.24) is 4.98 Å². The normalized spacial score (nSPS) is 10.8. The zero-order chi connectivity index (χ0) is 11.9. The van der Waals surface area contributed by atoms with Crippen LogP contribution in [0.3, 0.4) is 0 Å². The Bertz CT molecular complexity index is 556. The lowest BCUT2D eigenvalue weighted by Gasteiger charge is -2.15. The summed E-state index contributed by atoms with van der Waals surface area (Å²) in [6, 6.07) is 4.30. The van der Waals surface area contributed by atoms with Gasteiger partial charge in [0.15, 0.2) is 0 Å². The summed E-state index contributed by atoms with van der Waals surface area (Å²) in [5.41, 5.74) is 7.19. The number of benzene rings is 1. The standard InChI is InChI=1S/C14H18N2/c1-8-6-7-9(2)13-12(8)14(15-5)10(3)11(4)16-13/h6-7H,1-5H3,(H,15,16). The molecule has 1 heterocycles. The molecular formula is C14H18N2. The molecule has 16 heavy (non-hydrogen) atoms. The summed E-state index contributed by atoms with van der Waals surface area (Å²) < 4.78 is 0. The molecule has 2 aromatic rings. The molecule has 0 aliphatic carbocycles. The topological polar surface area (TPSA) is 24.9 Å². The Morgan fingerprint density at radius 3 is 2.25 bits per heavy atom. The number of nitrogens with one attached hydrogen (secondary N) is 1. The molecule has 0 radical (unpaired) electrons. The van der Waals surface area contributed by atoms with Crippen LogP contribution in [0, 0.1) is 27.7 Å². The van der Waals surface area contributed by atoms with Crippen LogP contribution in [0.2, 0.25) is 0 Å². The molecule has 0 atom stereocenters. The SMILES string of the molecule is CNc1c(C)c(C)nc2c(C)ccc(C)c12. The second-order valence-electron chi connectivity index (χ2n) is 4.37. The van der Waals surface area contributed by atoms with Gasteiger partial charge in [-0.25, -0.2) is 0 Å². The third-order valence-corrected chi connectivity index (χ3v) is 3.29. The molecule has 2 heteroatoms. The number of pyridine rings is 1. The van der Waals surface area contributed by atoms with Gasteiger partial charge in [0.2, 0.25) is 0 Å². The van der Waals surface area contributed by atoms with Crippen LogP contribution < -0.4 is 5.32 Å². The first-order valence-electron chi connectivity index (χ1n) is 5.61. The fourth-order valence-corrected chi connectivity index (χ4v) is 2.19. The number of fused-ring (bicyclic) bond motifs is 1. The van der Waals surface area contributed by atoms with Gasteiger partial charge in [-0.1, -0.05) is 12.1 Å². The molecule has 0 aliphatic rings. The van der Waals surface area contributed by atoms with Crippen molar-refractivity contribution in [1.29, 1.82) is 0 Å². The summed E-state index contributed by atoms with van der Waals surface area (Å²) in [4.78, 5) is 4.70. The first kappa shape index (κ1) is 10.9. The minimum absolute atomic E-state index is 1.10. The van der Waals surface area contributed by atoms with Gasteiger partial charge in [-0.3, -0.25) is 4.98 Å². The van der Waals surface area contributed by atoms with Crippen molar-refractivity contribution < 1.29 is 0 Å². The molecule has 0 spiro atoms. The van der Waals surface area contributed by atoms with E-state index in [0.29, 0.717) is 0 Å². The summed E-state index contributed by atoms with van der Waals surface area (Å²) in [7, 11) is 1.98. The first-order valence-corrected chi connectivity index (χ1v) is 5.61. The van der Waals surface area contributed by atoms with Gasteiger partial charge in [0.05, 0.1) is 5.52 Å². The van der Waals surface area contributed by atoms with Gasteiger partial charge in [-0.05, 0) is 44.4 Å². The van der Waals surface area contributed by atoms with E-state index in [9.17, 15) is 0 Å². The summed E-state index contributed by atoms with van der Waals surface area (Å²) in [5.74, 6) is 0. The quantitative estimate of drug-likeness (QED) is 0.785. The van der Waals surface area contributed by atoms with Crippen molar-refractivity contribution in [2.45, 2.75) is 27.7 Å². The van der Waals surface area contributed by atoms with E-state index in [2.05, 4.69) is 45.1 Å². The van der Waals surface area contributed by atoms with Gasteiger partial charge in [0.1, 0.15) is 0 Å².